The van der Waals surface area contributed by atoms with Gasteiger partial charge in [-0.2, -0.15) is 0 Å². The van der Waals surface area contributed by atoms with Gasteiger partial charge in [0.15, 0.2) is 0 Å². The van der Waals surface area contributed by atoms with Gasteiger partial charge in [0.25, 0.3) is 5.91 Å². The van der Waals surface area contributed by atoms with E-state index < -0.39 is 0 Å². The third-order valence-corrected chi connectivity index (χ3v) is 4.87. The second-order valence-corrected chi connectivity index (χ2v) is 6.94. The summed E-state index contributed by atoms with van der Waals surface area (Å²) in [5.41, 5.74) is 1.93. The van der Waals surface area contributed by atoms with Gasteiger partial charge < -0.3 is 15.4 Å². The van der Waals surface area contributed by atoms with Crippen molar-refractivity contribution in [3.63, 3.8) is 0 Å². The van der Waals surface area contributed by atoms with Crippen molar-refractivity contribution in [2.24, 2.45) is 0 Å². The Bertz CT molecular complexity index is 959. The molecule has 2 heterocycles. The fourth-order valence-corrected chi connectivity index (χ4v) is 3.49. The van der Waals surface area contributed by atoms with Gasteiger partial charge in [-0.05, 0) is 18.1 Å². The number of nitrogens with one attached hydrogen (secondary N) is 2. The summed E-state index contributed by atoms with van der Waals surface area (Å²) in [6.07, 6.45) is 2.14. The predicted octanol–water partition coefficient (Wildman–Crippen LogP) is 3.22. The monoisotopic (exact) mass is 396 g/mol. The highest BCUT2D eigenvalue weighted by Gasteiger charge is 2.20. The van der Waals surface area contributed by atoms with Crippen LogP contribution in [0, 0.1) is 0 Å². The molecular formula is C20H20N4O3S. The molecule has 7 nitrogen and oxygen atoms in total. The highest BCUT2D eigenvalue weighted by Crippen LogP contribution is 2.23. The first-order chi connectivity index (χ1) is 13.5. The zero-order valence-electron chi connectivity index (χ0n) is 15.5. The summed E-state index contributed by atoms with van der Waals surface area (Å²) in [7, 11) is 1.51. The molecule has 1 atom stereocenters. The van der Waals surface area contributed by atoms with Crippen LogP contribution in [0.5, 0.6) is 5.88 Å². The van der Waals surface area contributed by atoms with Crippen LogP contribution in [0.15, 0.2) is 54.0 Å². The number of amides is 2. The molecule has 0 spiro atoms. The summed E-state index contributed by atoms with van der Waals surface area (Å²) in [4.78, 5) is 32.6. The van der Waals surface area contributed by atoms with Gasteiger partial charge in [0.05, 0.1) is 13.2 Å². The Morgan fingerprint density at radius 3 is 2.71 bits per heavy atom. The van der Waals surface area contributed by atoms with Crippen molar-refractivity contribution >= 4 is 28.8 Å². The number of aromatic nitrogens is 2. The Hall–Kier alpha value is -3.26. The van der Waals surface area contributed by atoms with E-state index in [1.165, 1.54) is 25.4 Å². The van der Waals surface area contributed by atoms with Crippen LogP contribution in [0.1, 0.15) is 34.0 Å². The van der Waals surface area contributed by atoms with E-state index in [-0.39, 0.29) is 17.9 Å². The van der Waals surface area contributed by atoms with Crippen LogP contribution in [0.3, 0.4) is 0 Å². The number of pyridine rings is 1. The number of hydrogen-bond donors (Lipinski definition) is 2. The topological polar surface area (TPSA) is 93.2 Å². The number of ether oxygens (including phenoxy) is 1. The second kappa shape index (κ2) is 9.09. The van der Waals surface area contributed by atoms with Crippen LogP contribution in [0.2, 0.25) is 0 Å². The number of hydrogen-bond acceptors (Lipinski definition) is 6. The van der Waals surface area contributed by atoms with E-state index in [4.69, 9.17) is 4.74 Å². The van der Waals surface area contributed by atoms with E-state index in [0.717, 1.165) is 5.56 Å². The number of carbonyl (C=O) groups excluding carboxylic acids is 2. The molecule has 0 fully saturated rings. The Morgan fingerprint density at radius 1 is 1.21 bits per heavy atom. The van der Waals surface area contributed by atoms with Crippen molar-refractivity contribution in [1.29, 1.82) is 0 Å². The van der Waals surface area contributed by atoms with Gasteiger partial charge in [0.1, 0.15) is 10.7 Å². The Morgan fingerprint density at radius 2 is 2.00 bits per heavy atom. The van der Waals surface area contributed by atoms with Crippen LogP contribution < -0.4 is 15.4 Å². The lowest BCUT2D eigenvalue weighted by Crippen LogP contribution is -2.27. The van der Waals surface area contributed by atoms with Crippen LogP contribution in [0.4, 0.5) is 5.69 Å². The lowest BCUT2D eigenvalue weighted by molar-refractivity contribution is -0.119. The maximum Gasteiger partial charge on any atom is 0.275 e. The van der Waals surface area contributed by atoms with Gasteiger partial charge in [-0.15, -0.1) is 11.3 Å². The molecule has 2 amide bonds. The van der Waals surface area contributed by atoms with Gasteiger partial charge in [0.2, 0.25) is 11.8 Å². The number of anilines is 1. The first-order valence-corrected chi connectivity index (χ1v) is 9.51. The molecule has 0 aliphatic rings. The van der Waals surface area contributed by atoms with Crippen LogP contribution in [-0.2, 0) is 11.2 Å². The van der Waals surface area contributed by atoms with E-state index >= 15 is 0 Å². The summed E-state index contributed by atoms with van der Waals surface area (Å²) < 4.78 is 5.06. The molecule has 3 rings (SSSR count). The molecule has 2 N–H and O–H groups in total. The van der Waals surface area contributed by atoms with Crippen molar-refractivity contribution in [2.45, 2.75) is 19.4 Å². The molecule has 0 aliphatic carbocycles. The van der Waals surface area contributed by atoms with Crippen molar-refractivity contribution < 1.29 is 14.3 Å². The minimum absolute atomic E-state index is 0.147. The summed E-state index contributed by atoms with van der Waals surface area (Å²) in [6, 6.07) is 12.8. The van der Waals surface area contributed by atoms with Gasteiger partial charge >= 0.3 is 0 Å². The fourth-order valence-electron chi connectivity index (χ4n) is 2.64. The lowest BCUT2D eigenvalue weighted by Gasteiger charge is -2.15. The van der Waals surface area contributed by atoms with E-state index in [2.05, 4.69) is 20.6 Å². The zero-order chi connectivity index (χ0) is 19.9. The van der Waals surface area contributed by atoms with Gasteiger partial charge in [-0.25, -0.2) is 9.97 Å². The second-order valence-electron chi connectivity index (χ2n) is 6.05. The van der Waals surface area contributed by atoms with Gasteiger partial charge in [-0.1, -0.05) is 30.3 Å². The normalized spacial score (nSPS) is 11.5. The number of methoxy groups -OCH3 is 1. The molecule has 8 heteroatoms. The van der Waals surface area contributed by atoms with Crippen molar-refractivity contribution in [1.82, 2.24) is 15.3 Å². The molecule has 144 valence electrons. The van der Waals surface area contributed by atoms with E-state index in [9.17, 15) is 9.59 Å². The highest BCUT2D eigenvalue weighted by atomic mass is 32.1. The van der Waals surface area contributed by atoms with Crippen molar-refractivity contribution in [3.05, 3.63) is 70.3 Å². The van der Waals surface area contributed by atoms with E-state index in [0.29, 0.717) is 28.7 Å². The first-order valence-electron chi connectivity index (χ1n) is 8.63. The van der Waals surface area contributed by atoms with Crippen molar-refractivity contribution in [3.8, 4) is 5.88 Å². The molecule has 0 saturated carbocycles. The summed E-state index contributed by atoms with van der Waals surface area (Å²) in [5.74, 6) is -0.0756. The molecule has 0 bridgehead atoms. The molecule has 2 aromatic heterocycles. The third-order valence-electron chi connectivity index (χ3n) is 3.91. The van der Waals surface area contributed by atoms with Crippen molar-refractivity contribution in [2.75, 3.05) is 12.4 Å². The number of nitrogens with zero attached hydrogens (tertiary/aromatic N) is 2. The summed E-state index contributed by atoms with van der Waals surface area (Å²) in [6.45, 7) is 1.47. The van der Waals surface area contributed by atoms with E-state index in [1.807, 2.05) is 30.3 Å². The third kappa shape index (κ3) is 5.14. The SMILES string of the molecule is COc1cc(NC(=O)c2csc([C@@H](Cc3ccccc3)NC(C)=O)n2)ccn1. The number of thiazole rings is 1. The molecule has 0 saturated heterocycles. The molecule has 0 radical (unpaired) electrons. The number of rotatable bonds is 7. The van der Waals surface area contributed by atoms with Gasteiger partial charge in [-0.3, -0.25) is 9.59 Å². The zero-order valence-corrected chi connectivity index (χ0v) is 16.3. The molecule has 0 aliphatic heterocycles. The standard InChI is InChI=1S/C20H20N4O3S/c1-13(25)22-16(10-14-6-4-3-5-7-14)20-24-17(12-28-20)19(26)23-15-8-9-21-18(11-15)27-2/h3-9,11-12,16H,10H2,1-2H3,(H,22,25)(H,21,23,26)/t16-/m1/s1. The lowest BCUT2D eigenvalue weighted by atomic mass is 10.1. The largest absolute Gasteiger partial charge is 0.481 e. The Labute approximate surface area is 166 Å². The van der Waals surface area contributed by atoms with Crippen LogP contribution >= 0.6 is 11.3 Å². The average molecular weight is 396 g/mol. The Balaban J connectivity index is 1.75. The van der Waals surface area contributed by atoms with Crippen LogP contribution in [-0.4, -0.2) is 28.9 Å². The maximum absolute atomic E-state index is 12.5. The molecular weight excluding hydrogens is 376 g/mol. The number of carbonyl (C=O) groups is 2. The minimum atomic E-state index is -0.336. The smallest absolute Gasteiger partial charge is 0.275 e. The summed E-state index contributed by atoms with van der Waals surface area (Å²) >= 11 is 1.34. The number of benzene rings is 1. The highest BCUT2D eigenvalue weighted by molar-refractivity contribution is 7.10. The fraction of sp³-hybridized carbons (Fsp3) is 0.200. The minimum Gasteiger partial charge on any atom is -0.481 e. The average Bonchev–Trinajstić information content (AvgIpc) is 3.18. The van der Waals surface area contributed by atoms with Crippen LogP contribution in [0.25, 0.3) is 0 Å². The van der Waals surface area contributed by atoms with Gasteiger partial charge in [0, 0.05) is 30.3 Å². The molecule has 0 unspecified atom stereocenters. The molecule has 28 heavy (non-hydrogen) atoms. The summed E-state index contributed by atoms with van der Waals surface area (Å²) in [5, 5.41) is 8.05. The van der Waals surface area contributed by atoms with E-state index in [1.54, 1.807) is 23.7 Å². The quantitative estimate of drug-likeness (QED) is 0.640. The predicted molar refractivity (Wildman–Crippen MR) is 108 cm³/mol. The molecule has 1 aromatic carbocycles. The first kappa shape index (κ1) is 19.5. The maximum atomic E-state index is 12.5. The molecule has 3 aromatic rings. The Kier molecular flexibility index (Phi) is 6.33.